The van der Waals surface area contributed by atoms with Gasteiger partial charge in [-0.1, -0.05) is 30.3 Å². The molecule has 7 N–H and O–H groups in total. The number of nitrogens with one attached hydrogen (secondary N) is 1. The summed E-state index contributed by atoms with van der Waals surface area (Å²) in [4.78, 5) is 62.2. The summed E-state index contributed by atoms with van der Waals surface area (Å²) in [7, 11) is 0. The number of imide groups is 1. The largest absolute Gasteiger partial charge is 0.506 e. The lowest BCUT2D eigenvalue weighted by Crippen LogP contribution is -2.56. The molecule has 0 radical (unpaired) electrons. The number of halogens is 4. The Morgan fingerprint density at radius 2 is 1.22 bits per heavy atom. The molecule has 51 heavy (non-hydrogen) atoms. The van der Waals surface area contributed by atoms with E-state index in [0.29, 0.717) is 25.4 Å². The van der Waals surface area contributed by atoms with Gasteiger partial charge in [-0.15, -0.1) is 0 Å². The molecule has 13 nitrogen and oxygen atoms in total. The number of amides is 3. The number of hydrogen-bond acceptors (Lipinski definition) is 9. The molecule has 276 valence electrons. The molecule has 0 heterocycles. The zero-order chi connectivity index (χ0) is 38.8. The minimum absolute atomic E-state index is 0.0349. The smallest absolute Gasteiger partial charge is 0.417 e. The first kappa shape index (κ1) is 44.7. The van der Waals surface area contributed by atoms with Gasteiger partial charge in [-0.05, 0) is 159 Å². The fourth-order valence-electron chi connectivity index (χ4n) is 4.44. The van der Waals surface area contributed by atoms with Crippen LogP contribution in [-0.2, 0) is 43.2 Å². The van der Waals surface area contributed by atoms with Crippen LogP contribution >= 0.6 is 90.4 Å². The molecule has 3 amide bonds. The van der Waals surface area contributed by atoms with Gasteiger partial charge in [0, 0.05) is 19.8 Å². The summed E-state index contributed by atoms with van der Waals surface area (Å²) in [6.07, 6.45) is -0.840. The van der Waals surface area contributed by atoms with Crippen molar-refractivity contribution in [3.63, 3.8) is 0 Å². The van der Waals surface area contributed by atoms with Gasteiger partial charge in [-0.2, -0.15) is 0 Å². The molecule has 0 aliphatic heterocycles. The van der Waals surface area contributed by atoms with Crippen LogP contribution in [-0.4, -0.2) is 78.9 Å². The van der Waals surface area contributed by atoms with Crippen LogP contribution in [0.2, 0.25) is 0 Å². The zero-order valence-corrected chi connectivity index (χ0v) is 36.5. The summed E-state index contributed by atoms with van der Waals surface area (Å²) in [5.41, 5.74) is 6.57. The standard InChI is InChI=1S/C25H28I2N2O7.C9H9I2NO3/c1-14(30)29(24(35)36-25(2,3)4)20(13-15-8-6-5-7-9-15)22(32)28-19(23(33)34)12-16-10-17(26)21(31)18(27)11-16;10-5-1-4(2-6(11)8(5)13)3-7(12)9(14)15/h5-11,19-20,31H,12-13H2,1-4H3,(H,28,32)(H,33,34);1-2,7,13H,3,12H2,(H,14,15)/t19-,20-;7-/m00/s1. The highest BCUT2D eigenvalue weighted by atomic mass is 127. The molecule has 0 spiro atoms. The quantitative estimate of drug-likeness (QED) is 0.129. The van der Waals surface area contributed by atoms with Crippen molar-refractivity contribution in [1.82, 2.24) is 10.2 Å². The van der Waals surface area contributed by atoms with Gasteiger partial charge in [0.1, 0.15) is 35.2 Å². The number of carbonyl (C=O) groups is 5. The molecule has 0 aliphatic carbocycles. The van der Waals surface area contributed by atoms with E-state index in [2.05, 4.69) is 5.32 Å². The van der Waals surface area contributed by atoms with E-state index in [1.54, 1.807) is 75.4 Å². The molecular weight excluding hydrogens is 1120 g/mol. The molecule has 0 unspecified atom stereocenters. The van der Waals surface area contributed by atoms with Gasteiger partial charge < -0.3 is 36.2 Å². The Morgan fingerprint density at radius 1 is 0.765 bits per heavy atom. The molecule has 0 bridgehead atoms. The number of aliphatic carboxylic acids is 2. The van der Waals surface area contributed by atoms with E-state index < -0.39 is 53.6 Å². The molecule has 3 atom stereocenters. The molecule has 0 saturated carbocycles. The molecule has 0 fully saturated rings. The molecule has 0 aromatic heterocycles. The predicted molar refractivity (Wildman–Crippen MR) is 222 cm³/mol. The molecule has 17 heteroatoms. The van der Waals surface area contributed by atoms with Gasteiger partial charge in [-0.25, -0.2) is 14.5 Å². The van der Waals surface area contributed by atoms with Crippen molar-refractivity contribution in [2.75, 3.05) is 0 Å². The van der Waals surface area contributed by atoms with Gasteiger partial charge in [0.2, 0.25) is 11.8 Å². The van der Waals surface area contributed by atoms with E-state index in [9.17, 15) is 39.3 Å². The highest BCUT2D eigenvalue weighted by molar-refractivity contribution is 14.1. The number of benzene rings is 3. The summed E-state index contributed by atoms with van der Waals surface area (Å²) in [6, 6.07) is 11.9. The minimum atomic E-state index is -1.35. The van der Waals surface area contributed by atoms with Gasteiger partial charge in [0.25, 0.3) is 0 Å². The Bertz CT molecular complexity index is 1710. The van der Waals surface area contributed by atoms with Crippen molar-refractivity contribution in [2.24, 2.45) is 5.73 Å². The van der Waals surface area contributed by atoms with Crippen LogP contribution in [0.5, 0.6) is 11.5 Å². The topological polar surface area (TPSA) is 217 Å². The van der Waals surface area contributed by atoms with Crippen LogP contribution in [0.15, 0.2) is 54.6 Å². The van der Waals surface area contributed by atoms with Crippen molar-refractivity contribution in [1.29, 1.82) is 0 Å². The summed E-state index contributed by atoms with van der Waals surface area (Å²) in [6.45, 7) is 6.05. The van der Waals surface area contributed by atoms with E-state index in [1.165, 1.54) is 0 Å². The van der Waals surface area contributed by atoms with Crippen LogP contribution in [0.4, 0.5) is 4.79 Å². The normalized spacial score (nSPS) is 12.7. The highest BCUT2D eigenvalue weighted by Crippen LogP contribution is 2.29. The second-order valence-corrected chi connectivity index (χ2v) is 16.8. The Labute approximate surface area is 349 Å². The average molecular weight is 1160 g/mol. The van der Waals surface area contributed by atoms with Crippen molar-refractivity contribution in [3.8, 4) is 11.5 Å². The van der Waals surface area contributed by atoms with E-state index in [-0.39, 0.29) is 30.8 Å². The fourth-order valence-corrected chi connectivity index (χ4v) is 8.24. The van der Waals surface area contributed by atoms with E-state index in [4.69, 9.17) is 15.6 Å². The maximum atomic E-state index is 13.4. The van der Waals surface area contributed by atoms with Crippen LogP contribution < -0.4 is 11.1 Å². The Kier molecular flexibility index (Phi) is 17.6. The maximum Gasteiger partial charge on any atom is 0.417 e. The zero-order valence-electron chi connectivity index (χ0n) is 27.8. The molecule has 3 aromatic carbocycles. The first-order valence-electron chi connectivity index (χ1n) is 15.0. The summed E-state index contributed by atoms with van der Waals surface area (Å²) in [5, 5.41) is 40.5. The number of rotatable bonds is 11. The Hall–Kier alpha value is -2.51. The lowest BCUT2D eigenvalue weighted by Gasteiger charge is -2.31. The molecule has 0 saturated heterocycles. The third kappa shape index (κ3) is 14.4. The summed E-state index contributed by atoms with van der Waals surface area (Å²) < 4.78 is 7.84. The fraction of sp³-hybridized carbons (Fsp3) is 0.324. The maximum absolute atomic E-state index is 13.4. The molecule has 3 rings (SSSR count). The highest BCUT2D eigenvalue weighted by Gasteiger charge is 2.37. The monoisotopic (exact) mass is 1150 g/mol. The number of carboxylic acids is 2. The summed E-state index contributed by atoms with van der Waals surface area (Å²) >= 11 is 7.87. The van der Waals surface area contributed by atoms with Gasteiger partial charge in [0.05, 0.1) is 14.3 Å². The Balaban J connectivity index is 0.000000500. The molecular formula is C34H37I4N3O10. The predicted octanol–water partition coefficient (Wildman–Crippen LogP) is 5.66. The van der Waals surface area contributed by atoms with Gasteiger partial charge in [-0.3, -0.25) is 14.4 Å². The number of carboxylic acid groups (broad SMARTS) is 2. The number of aromatic hydroxyl groups is 2. The first-order valence-corrected chi connectivity index (χ1v) is 19.3. The second-order valence-electron chi connectivity index (χ2n) is 12.1. The number of carbonyl (C=O) groups excluding carboxylic acids is 3. The number of phenolic OH excluding ortho intramolecular Hbond substituents is 2. The number of phenols is 2. The number of ether oxygens (including phenoxy) is 1. The number of nitrogens with zero attached hydrogens (tertiary/aromatic N) is 1. The third-order valence-corrected chi connectivity index (χ3v) is 10.1. The van der Waals surface area contributed by atoms with Gasteiger partial charge in [0.15, 0.2) is 0 Å². The van der Waals surface area contributed by atoms with E-state index in [0.717, 1.165) is 17.4 Å². The lowest BCUT2D eigenvalue weighted by molar-refractivity contribution is -0.144. The number of hydrogen-bond donors (Lipinski definition) is 6. The van der Waals surface area contributed by atoms with Crippen molar-refractivity contribution >= 4 is 120 Å². The minimum Gasteiger partial charge on any atom is -0.506 e. The lowest BCUT2D eigenvalue weighted by atomic mass is 10.0. The van der Waals surface area contributed by atoms with Crippen LogP contribution in [0.1, 0.15) is 44.4 Å². The van der Waals surface area contributed by atoms with Crippen LogP contribution in [0.3, 0.4) is 0 Å². The molecule has 3 aromatic rings. The van der Waals surface area contributed by atoms with E-state index >= 15 is 0 Å². The second kappa shape index (κ2) is 20.1. The Morgan fingerprint density at radius 3 is 1.61 bits per heavy atom. The van der Waals surface area contributed by atoms with E-state index in [1.807, 2.05) is 90.4 Å². The third-order valence-electron chi connectivity index (χ3n) is 6.80. The van der Waals surface area contributed by atoms with Crippen LogP contribution in [0.25, 0.3) is 0 Å². The van der Waals surface area contributed by atoms with Crippen molar-refractivity contribution in [3.05, 3.63) is 85.6 Å². The first-order chi connectivity index (χ1) is 23.6. The summed E-state index contributed by atoms with van der Waals surface area (Å²) in [5.74, 6) is -3.51. The SMILES string of the molecule is CC(=O)N(C(=O)OC(C)(C)C)[C@@H](Cc1ccccc1)C(=O)N[C@@H](Cc1cc(I)c(O)c(I)c1)C(=O)O.N[C@@H](Cc1cc(I)c(O)c(I)c1)C(=O)O. The van der Waals surface area contributed by atoms with Crippen molar-refractivity contribution in [2.45, 2.75) is 70.7 Å². The average Bonchev–Trinajstić information content (AvgIpc) is 3.01. The number of nitrogens with two attached hydrogens (primary N) is 1. The molecule has 0 aliphatic rings. The van der Waals surface area contributed by atoms with Crippen molar-refractivity contribution < 1.29 is 49.1 Å². The van der Waals surface area contributed by atoms with Gasteiger partial charge >= 0.3 is 18.0 Å². The van der Waals surface area contributed by atoms with Crippen LogP contribution in [0, 0.1) is 14.3 Å².